The number of cyclic esters (lactones) is 1. The van der Waals surface area contributed by atoms with Crippen molar-refractivity contribution in [2.75, 3.05) is 6.61 Å². The lowest BCUT2D eigenvalue weighted by molar-refractivity contribution is -0.143. The van der Waals surface area contributed by atoms with Crippen LogP contribution in [-0.2, 0) is 9.53 Å². The quantitative estimate of drug-likeness (QED) is 0.597. The SMILES string of the molecule is C=C(C)[C@H]1COC(=O)[C@@]12[C@H](c1ccccc1)C2(C)C. The van der Waals surface area contributed by atoms with Gasteiger partial charge in [-0.2, -0.15) is 0 Å². The fourth-order valence-electron chi connectivity index (χ4n) is 4.24. The molecule has 1 heterocycles. The van der Waals surface area contributed by atoms with Gasteiger partial charge < -0.3 is 4.74 Å². The minimum atomic E-state index is -0.403. The van der Waals surface area contributed by atoms with Gasteiger partial charge >= 0.3 is 5.97 Å². The van der Waals surface area contributed by atoms with Gasteiger partial charge in [-0.15, -0.1) is 0 Å². The fourth-order valence-corrected chi connectivity index (χ4v) is 4.24. The van der Waals surface area contributed by atoms with Crippen LogP contribution in [0.1, 0.15) is 32.3 Å². The number of carbonyl (C=O) groups is 1. The maximum absolute atomic E-state index is 12.4. The molecule has 1 aliphatic carbocycles. The third-order valence-electron chi connectivity index (χ3n) is 5.16. The average molecular weight is 256 g/mol. The monoisotopic (exact) mass is 256 g/mol. The van der Waals surface area contributed by atoms with E-state index in [1.54, 1.807) is 0 Å². The molecule has 0 unspecified atom stereocenters. The summed E-state index contributed by atoms with van der Waals surface area (Å²) in [5.74, 6) is 0.331. The van der Waals surface area contributed by atoms with Crippen LogP contribution in [0, 0.1) is 16.7 Å². The van der Waals surface area contributed by atoms with Gasteiger partial charge in [-0.05, 0) is 17.9 Å². The second-order valence-corrected chi connectivity index (χ2v) is 6.43. The molecule has 0 radical (unpaired) electrons. The van der Waals surface area contributed by atoms with Crippen LogP contribution in [0.5, 0.6) is 0 Å². The van der Waals surface area contributed by atoms with Crippen molar-refractivity contribution in [1.29, 1.82) is 0 Å². The zero-order valence-corrected chi connectivity index (χ0v) is 11.8. The van der Waals surface area contributed by atoms with E-state index in [2.05, 4.69) is 32.6 Å². The molecular weight excluding hydrogens is 236 g/mol. The number of carbonyl (C=O) groups excluding carboxylic acids is 1. The molecule has 1 saturated heterocycles. The van der Waals surface area contributed by atoms with E-state index in [-0.39, 0.29) is 23.2 Å². The Morgan fingerprint density at radius 1 is 1.32 bits per heavy atom. The highest BCUT2D eigenvalue weighted by Gasteiger charge is 2.81. The third kappa shape index (κ3) is 1.35. The predicted octanol–water partition coefficient (Wildman–Crippen LogP) is 3.55. The van der Waals surface area contributed by atoms with Gasteiger partial charge in [0.15, 0.2) is 0 Å². The molecule has 0 aromatic heterocycles. The number of ether oxygens (including phenoxy) is 1. The van der Waals surface area contributed by atoms with E-state index in [4.69, 9.17) is 4.74 Å². The molecular formula is C17H20O2. The van der Waals surface area contributed by atoms with Crippen molar-refractivity contribution in [3.05, 3.63) is 48.0 Å². The molecule has 1 spiro atoms. The molecule has 0 N–H and O–H groups in total. The van der Waals surface area contributed by atoms with Crippen molar-refractivity contribution in [2.24, 2.45) is 16.7 Å². The summed E-state index contributed by atoms with van der Waals surface area (Å²) < 4.78 is 5.39. The molecule has 2 fully saturated rings. The lowest BCUT2D eigenvalue weighted by Crippen LogP contribution is -2.24. The van der Waals surface area contributed by atoms with E-state index in [1.165, 1.54) is 5.56 Å². The second-order valence-electron chi connectivity index (χ2n) is 6.43. The Balaban J connectivity index is 2.09. The van der Waals surface area contributed by atoms with Crippen molar-refractivity contribution >= 4 is 5.97 Å². The molecule has 0 bridgehead atoms. The molecule has 3 rings (SSSR count). The summed E-state index contributed by atoms with van der Waals surface area (Å²) in [6.07, 6.45) is 0. The van der Waals surface area contributed by atoms with Gasteiger partial charge in [-0.25, -0.2) is 0 Å². The minimum Gasteiger partial charge on any atom is -0.465 e. The summed E-state index contributed by atoms with van der Waals surface area (Å²) in [4.78, 5) is 12.4. The van der Waals surface area contributed by atoms with Gasteiger partial charge in [0.1, 0.15) is 0 Å². The number of hydrogen-bond donors (Lipinski definition) is 0. The molecule has 2 heteroatoms. The summed E-state index contributed by atoms with van der Waals surface area (Å²) in [7, 11) is 0. The van der Waals surface area contributed by atoms with E-state index >= 15 is 0 Å². The van der Waals surface area contributed by atoms with E-state index in [1.807, 2.05) is 25.1 Å². The molecule has 0 amide bonds. The lowest BCUT2D eigenvalue weighted by Gasteiger charge is -2.18. The van der Waals surface area contributed by atoms with Gasteiger partial charge in [0.05, 0.1) is 12.0 Å². The van der Waals surface area contributed by atoms with Gasteiger partial charge in [0, 0.05) is 11.8 Å². The van der Waals surface area contributed by atoms with E-state index in [9.17, 15) is 4.79 Å². The average Bonchev–Trinajstić information content (AvgIpc) is 2.68. The van der Waals surface area contributed by atoms with E-state index in [0.29, 0.717) is 6.61 Å². The van der Waals surface area contributed by atoms with E-state index < -0.39 is 5.41 Å². The first-order valence-electron chi connectivity index (χ1n) is 6.81. The van der Waals surface area contributed by atoms with Gasteiger partial charge in [-0.1, -0.05) is 56.3 Å². The lowest BCUT2D eigenvalue weighted by atomic mass is 9.80. The van der Waals surface area contributed by atoms with Crippen LogP contribution in [0.15, 0.2) is 42.5 Å². The van der Waals surface area contributed by atoms with Crippen molar-refractivity contribution in [3.8, 4) is 0 Å². The van der Waals surface area contributed by atoms with Crippen molar-refractivity contribution in [2.45, 2.75) is 26.7 Å². The molecule has 1 aromatic carbocycles. The fraction of sp³-hybridized carbons (Fsp3) is 0.471. The van der Waals surface area contributed by atoms with Crippen LogP contribution < -0.4 is 0 Å². The topological polar surface area (TPSA) is 26.3 Å². The van der Waals surface area contributed by atoms with Crippen LogP contribution in [0.25, 0.3) is 0 Å². The Bertz CT molecular complexity index is 544. The zero-order chi connectivity index (χ0) is 13.8. The first-order valence-corrected chi connectivity index (χ1v) is 6.81. The van der Waals surface area contributed by atoms with Crippen molar-refractivity contribution in [3.63, 3.8) is 0 Å². The van der Waals surface area contributed by atoms with Crippen LogP contribution in [-0.4, -0.2) is 12.6 Å². The van der Waals surface area contributed by atoms with Crippen LogP contribution in [0.2, 0.25) is 0 Å². The number of hydrogen-bond acceptors (Lipinski definition) is 2. The smallest absolute Gasteiger partial charge is 0.314 e. The summed E-state index contributed by atoms with van der Waals surface area (Å²) in [6.45, 7) is 10.9. The third-order valence-corrected chi connectivity index (χ3v) is 5.16. The summed E-state index contributed by atoms with van der Waals surface area (Å²) in [5, 5.41) is 0. The zero-order valence-electron chi connectivity index (χ0n) is 11.8. The Labute approximate surface area is 114 Å². The summed E-state index contributed by atoms with van der Waals surface area (Å²) >= 11 is 0. The largest absolute Gasteiger partial charge is 0.465 e. The highest BCUT2D eigenvalue weighted by atomic mass is 16.5. The Morgan fingerprint density at radius 2 is 1.95 bits per heavy atom. The molecule has 2 aliphatic rings. The highest BCUT2D eigenvalue weighted by Crippen LogP contribution is 2.79. The van der Waals surface area contributed by atoms with Crippen LogP contribution >= 0.6 is 0 Å². The minimum absolute atomic E-state index is 0.0423. The Hall–Kier alpha value is -1.57. The number of rotatable bonds is 2. The maximum atomic E-state index is 12.4. The van der Waals surface area contributed by atoms with Gasteiger partial charge in [-0.3, -0.25) is 4.79 Å². The first-order chi connectivity index (χ1) is 8.94. The molecule has 2 nitrogen and oxygen atoms in total. The van der Waals surface area contributed by atoms with Crippen molar-refractivity contribution in [1.82, 2.24) is 0 Å². The summed E-state index contributed by atoms with van der Waals surface area (Å²) in [5.41, 5.74) is 1.82. The number of esters is 1. The van der Waals surface area contributed by atoms with Gasteiger partial charge in [0.2, 0.25) is 0 Å². The molecule has 3 atom stereocenters. The van der Waals surface area contributed by atoms with Crippen LogP contribution in [0.3, 0.4) is 0 Å². The van der Waals surface area contributed by atoms with E-state index in [0.717, 1.165) is 5.57 Å². The Kier molecular flexibility index (Phi) is 2.44. The van der Waals surface area contributed by atoms with Gasteiger partial charge in [0.25, 0.3) is 0 Å². The highest BCUT2D eigenvalue weighted by molar-refractivity contribution is 5.87. The number of benzene rings is 1. The molecule has 1 aromatic rings. The molecule has 1 aliphatic heterocycles. The van der Waals surface area contributed by atoms with Crippen LogP contribution in [0.4, 0.5) is 0 Å². The maximum Gasteiger partial charge on any atom is 0.314 e. The van der Waals surface area contributed by atoms with Crippen molar-refractivity contribution < 1.29 is 9.53 Å². The predicted molar refractivity (Wildman–Crippen MR) is 74.7 cm³/mol. The normalized spacial score (nSPS) is 35.2. The molecule has 19 heavy (non-hydrogen) atoms. The second kappa shape index (κ2) is 3.72. The standard InChI is InChI=1S/C17H20O2/c1-11(2)13-10-19-15(18)17(13)14(16(17,3)4)12-8-6-5-7-9-12/h5-9,13-14H,1,10H2,2-4H3/t13-,14-,17+/m1/s1. The Morgan fingerprint density at radius 3 is 2.53 bits per heavy atom. The summed E-state index contributed by atoms with van der Waals surface area (Å²) in [6, 6.07) is 10.3. The first kappa shape index (κ1) is 12.5. The molecule has 1 saturated carbocycles. The molecule has 100 valence electrons.